The third-order valence-electron chi connectivity index (χ3n) is 4.33. The minimum absolute atomic E-state index is 0.00217. The van der Waals surface area contributed by atoms with E-state index in [0.717, 1.165) is 18.4 Å². The molecule has 0 saturated carbocycles. The normalized spacial score (nSPS) is 18.6. The summed E-state index contributed by atoms with van der Waals surface area (Å²) in [5, 5.41) is 11.1. The zero-order valence-electron chi connectivity index (χ0n) is 13.1. The van der Waals surface area contributed by atoms with Crippen LogP contribution in [0, 0.1) is 17.0 Å². The lowest BCUT2D eigenvalue weighted by molar-refractivity contribution is -0.385. The molecule has 1 unspecified atom stereocenters. The molecule has 24 heavy (non-hydrogen) atoms. The lowest BCUT2D eigenvalue weighted by Gasteiger charge is -2.25. The molecule has 0 radical (unpaired) electrons. The highest BCUT2D eigenvalue weighted by Crippen LogP contribution is 2.38. The van der Waals surface area contributed by atoms with E-state index in [2.05, 4.69) is 4.98 Å². The SMILES string of the molecule is Cc1c([N+](=O)[O-])cccc1S(=O)(=O)N1CCCC1c1ccncc1. The maximum absolute atomic E-state index is 13.1. The van der Waals surface area contributed by atoms with Crippen LogP contribution in [0.1, 0.15) is 30.0 Å². The fourth-order valence-corrected chi connectivity index (χ4v) is 5.08. The number of nitro benzene ring substituents is 1. The average Bonchev–Trinajstić information content (AvgIpc) is 3.06. The topological polar surface area (TPSA) is 93.4 Å². The summed E-state index contributed by atoms with van der Waals surface area (Å²) in [5.41, 5.74) is 0.868. The summed E-state index contributed by atoms with van der Waals surface area (Å²) >= 11 is 0. The molecule has 126 valence electrons. The molecule has 1 aliphatic heterocycles. The van der Waals surface area contributed by atoms with E-state index in [1.165, 1.54) is 29.4 Å². The number of hydrogen-bond donors (Lipinski definition) is 0. The van der Waals surface area contributed by atoms with E-state index in [1.807, 2.05) is 0 Å². The predicted octanol–water partition coefficient (Wildman–Crippen LogP) is 2.82. The van der Waals surface area contributed by atoms with Gasteiger partial charge in [0.05, 0.1) is 15.9 Å². The van der Waals surface area contributed by atoms with Crippen molar-refractivity contribution in [3.05, 3.63) is 64.0 Å². The molecule has 8 heteroatoms. The second kappa shape index (κ2) is 6.29. The lowest BCUT2D eigenvalue weighted by Crippen LogP contribution is -2.31. The van der Waals surface area contributed by atoms with Gasteiger partial charge >= 0.3 is 0 Å². The van der Waals surface area contributed by atoms with Crippen LogP contribution in [0.15, 0.2) is 47.6 Å². The molecule has 2 aromatic rings. The van der Waals surface area contributed by atoms with Crippen molar-refractivity contribution in [3.63, 3.8) is 0 Å². The summed E-state index contributed by atoms with van der Waals surface area (Å²) in [6.07, 6.45) is 4.74. The Labute approximate surface area is 140 Å². The zero-order chi connectivity index (χ0) is 17.3. The van der Waals surface area contributed by atoms with Crippen molar-refractivity contribution in [1.29, 1.82) is 0 Å². The quantitative estimate of drug-likeness (QED) is 0.626. The monoisotopic (exact) mass is 347 g/mol. The first-order valence-corrected chi connectivity index (χ1v) is 9.02. The summed E-state index contributed by atoms with van der Waals surface area (Å²) < 4.78 is 27.6. The van der Waals surface area contributed by atoms with E-state index < -0.39 is 14.9 Å². The van der Waals surface area contributed by atoms with Crippen molar-refractivity contribution in [1.82, 2.24) is 9.29 Å². The van der Waals surface area contributed by atoms with E-state index in [4.69, 9.17) is 0 Å². The molecule has 1 saturated heterocycles. The van der Waals surface area contributed by atoms with Crippen molar-refractivity contribution < 1.29 is 13.3 Å². The predicted molar refractivity (Wildman–Crippen MR) is 87.9 cm³/mol. The minimum Gasteiger partial charge on any atom is -0.265 e. The molecule has 0 amide bonds. The zero-order valence-corrected chi connectivity index (χ0v) is 13.9. The van der Waals surface area contributed by atoms with Crippen LogP contribution < -0.4 is 0 Å². The van der Waals surface area contributed by atoms with Gasteiger partial charge in [0.2, 0.25) is 10.0 Å². The first-order chi connectivity index (χ1) is 11.4. The van der Waals surface area contributed by atoms with E-state index in [1.54, 1.807) is 24.5 Å². The second-order valence-electron chi connectivity index (χ2n) is 5.71. The molecule has 0 spiro atoms. The number of hydrogen-bond acceptors (Lipinski definition) is 5. The van der Waals surface area contributed by atoms with Gasteiger partial charge in [0.25, 0.3) is 5.69 Å². The summed E-state index contributed by atoms with van der Waals surface area (Å²) in [5.74, 6) is 0. The summed E-state index contributed by atoms with van der Waals surface area (Å²) in [6, 6.07) is 7.50. The van der Waals surface area contributed by atoms with Gasteiger partial charge in [-0.05, 0) is 43.5 Å². The smallest absolute Gasteiger partial charge is 0.265 e. The Morgan fingerprint density at radius 1 is 1.25 bits per heavy atom. The number of rotatable bonds is 4. The molecule has 0 N–H and O–H groups in total. The minimum atomic E-state index is -3.81. The van der Waals surface area contributed by atoms with Crippen LogP contribution in [0.25, 0.3) is 0 Å². The van der Waals surface area contributed by atoms with Crippen molar-refractivity contribution in [2.24, 2.45) is 0 Å². The third-order valence-corrected chi connectivity index (χ3v) is 6.39. The van der Waals surface area contributed by atoms with Crippen LogP contribution in [0.4, 0.5) is 5.69 Å². The van der Waals surface area contributed by atoms with Crippen LogP contribution in [0.5, 0.6) is 0 Å². The van der Waals surface area contributed by atoms with Gasteiger partial charge in [-0.3, -0.25) is 15.1 Å². The number of nitrogens with zero attached hydrogens (tertiary/aromatic N) is 3. The van der Waals surface area contributed by atoms with Gasteiger partial charge < -0.3 is 0 Å². The number of benzene rings is 1. The van der Waals surface area contributed by atoms with Crippen molar-refractivity contribution in [2.75, 3.05) is 6.54 Å². The number of aromatic nitrogens is 1. The number of sulfonamides is 1. The van der Waals surface area contributed by atoms with Crippen molar-refractivity contribution >= 4 is 15.7 Å². The van der Waals surface area contributed by atoms with Crippen LogP contribution in [0.3, 0.4) is 0 Å². The van der Waals surface area contributed by atoms with Gasteiger partial charge in [-0.25, -0.2) is 8.42 Å². The molecule has 1 aromatic carbocycles. The fraction of sp³-hybridized carbons (Fsp3) is 0.312. The molecular formula is C16H17N3O4S. The molecule has 0 aliphatic carbocycles. The highest BCUT2D eigenvalue weighted by molar-refractivity contribution is 7.89. The summed E-state index contributed by atoms with van der Waals surface area (Å²) in [4.78, 5) is 14.5. The molecule has 1 aliphatic rings. The van der Waals surface area contributed by atoms with Crippen LogP contribution in [-0.2, 0) is 10.0 Å². The third kappa shape index (κ3) is 2.78. The summed E-state index contributed by atoms with van der Waals surface area (Å²) in [7, 11) is -3.81. The van der Waals surface area contributed by atoms with Crippen molar-refractivity contribution in [3.8, 4) is 0 Å². The molecular weight excluding hydrogens is 330 g/mol. The Hall–Kier alpha value is -2.32. The van der Waals surface area contributed by atoms with Gasteiger partial charge in [-0.1, -0.05) is 6.07 Å². The fourth-order valence-electron chi connectivity index (χ4n) is 3.15. The Bertz CT molecular complexity index is 868. The summed E-state index contributed by atoms with van der Waals surface area (Å²) in [6.45, 7) is 1.87. The van der Waals surface area contributed by atoms with Gasteiger partial charge in [0, 0.05) is 30.6 Å². The van der Waals surface area contributed by atoms with Crippen LogP contribution >= 0.6 is 0 Å². The number of nitro groups is 1. The molecule has 2 heterocycles. The molecule has 7 nitrogen and oxygen atoms in total. The van der Waals surface area contributed by atoms with E-state index in [0.29, 0.717) is 6.54 Å². The molecule has 0 bridgehead atoms. The standard InChI is InChI=1S/C16H17N3O4S/c1-12-14(19(20)21)4-2-6-16(12)24(22,23)18-11-3-5-15(18)13-7-9-17-10-8-13/h2,4,6-10,15H,3,5,11H2,1H3. The molecule has 1 atom stereocenters. The maximum Gasteiger partial charge on any atom is 0.273 e. The van der Waals surface area contributed by atoms with Gasteiger partial charge in [-0.15, -0.1) is 0 Å². The second-order valence-corrected chi connectivity index (χ2v) is 7.57. The Morgan fingerprint density at radius 2 is 1.96 bits per heavy atom. The maximum atomic E-state index is 13.1. The van der Waals surface area contributed by atoms with E-state index in [9.17, 15) is 18.5 Å². The molecule has 1 fully saturated rings. The highest BCUT2D eigenvalue weighted by atomic mass is 32.2. The van der Waals surface area contributed by atoms with Crippen LogP contribution in [0.2, 0.25) is 0 Å². The van der Waals surface area contributed by atoms with Gasteiger partial charge in [-0.2, -0.15) is 4.31 Å². The number of pyridine rings is 1. The molecule has 1 aromatic heterocycles. The highest BCUT2D eigenvalue weighted by Gasteiger charge is 2.37. The first-order valence-electron chi connectivity index (χ1n) is 7.58. The van der Waals surface area contributed by atoms with Crippen LogP contribution in [-0.4, -0.2) is 29.2 Å². The van der Waals surface area contributed by atoms with Crippen molar-refractivity contribution in [2.45, 2.75) is 30.7 Å². The Kier molecular flexibility index (Phi) is 4.33. The largest absolute Gasteiger partial charge is 0.273 e. The van der Waals surface area contributed by atoms with E-state index in [-0.39, 0.29) is 22.2 Å². The lowest BCUT2D eigenvalue weighted by atomic mass is 10.1. The first kappa shape index (κ1) is 16.5. The van der Waals surface area contributed by atoms with Gasteiger partial charge in [0.15, 0.2) is 0 Å². The average molecular weight is 347 g/mol. The van der Waals surface area contributed by atoms with Gasteiger partial charge in [0.1, 0.15) is 0 Å². The molecule has 3 rings (SSSR count). The van der Waals surface area contributed by atoms with E-state index >= 15 is 0 Å². The Morgan fingerprint density at radius 3 is 2.62 bits per heavy atom. The Balaban J connectivity index is 2.05.